The van der Waals surface area contributed by atoms with Crippen LogP contribution in [-0.4, -0.2) is 57.0 Å². The summed E-state index contributed by atoms with van der Waals surface area (Å²) >= 11 is 7.36. The number of thiophene rings is 1. The Labute approximate surface area is 187 Å². The third kappa shape index (κ3) is 2.94. The number of imidazole rings is 1. The highest BCUT2D eigenvalue weighted by Gasteiger charge is 2.75. The summed E-state index contributed by atoms with van der Waals surface area (Å²) in [6.45, 7) is 0. The van der Waals surface area contributed by atoms with Gasteiger partial charge in [-0.25, -0.2) is 9.97 Å². The molecule has 160 valence electrons. The van der Waals surface area contributed by atoms with Crippen LogP contribution in [0.2, 0.25) is 4.34 Å². The molecule has 10 heteroatoms. The van der Waals surface area contributed by atoms with Gasteiger partial charge in [0.2, 0.25) is 5.91 Å². The van der Waals surface area contributed by atoms with Crippen molar-refractivity contribution in [2.45, 2.75) is 24.7 Å². The van der Waals surface area contributed by atoms with Crippen LogP contribution < -0.4 is 10.6 Å². The van der Waals surface area contributed by atoms with Crippen LogP contribution in [-0.2, 0) is 4.79 Å². The fourth-order valence-electron chi connectivity index (χ4n) is 4.77. The smallest absolute Gasteiger partial charge is 0.229 e. The van der Waals surface area contributed by atoms with E-state index in [9.17, 15) is 15.0 Å². The van der Waals surface area contributed by atoms with Gasteiger partial charge in [0.1, 0.15) is 17.3 Å². The third-order valence-corrected chi connectivity index (χ3v) is 7.48. The normalized spacial score (nSPS) is 28.7. The molecule has 2 aliphatic rings. The largest absolute Gasteiger partial charge is 0.389 e. The highest BCUT2D eigenvalue weighted by molar-refractivity contribution is 7.16. The number of pyridine rings is 1. The summed E-state index contributed by atoms with van der Waals surface area (Å²) in [4.78, 5) is 22.4. The van der Waals surface area contributed by atoms with Crippen molar-refractivity contribution in [2.75, 3.05) is 19.4 Å². The van der Waals surface area contributed by atoms with Crippen molar-refractivity contribution in [1.82, 2.24) is 19.9 Å². The van der Waals surface area contributed by atoms with Crippen LogP contribution in [0, 0.1) is 23.2 Å². The molecular formula is C21H20ClN5O3S. The molecule has 3 heterocycles. The number of nitrogens with zero attached hydrogens (tertiary/aromatic N) is 3. The topological polar surface area (TPSA) is 112 Å². The van der Waals surface area contributed by atoms with E-state index in [2.05, 4.69) is 32.4 Å². The Balaban J connectivity index is 1.58. The molecular weight excluding hydrogens is 438 g/mol. The highest BCUT2D eigenvalue weighted by atomic mass is 35.5. The molecule has 8 nitrogen and oxygen atoms in total. The minimum atomic E-state index is -1.14. The van der Waals surface area contributed by atoms with Crippen molar-refractivity contribution < 1.29 is 15.0 Å². The zero-order valence-corrected chi connectivity index (χ0v) is 18.3. The van der Waals surface area contributed by atoms with E-state index in [1.165, 1.54) is 18.4 Å². The quantitative estimate of drug-likeness (QED) is 0.445. The predicted octanol–water partition coefficient (Wildman–Crippen LogP) is 1.62. The van der Waals surface area contributed by atoms with Gasteiger partial charge in [-0.1, -0.05) is 11.6 Å². The first-order chi connectivity index (χ1) is 14.9. The Morgan fingerprint density at radius 2 is 2.16 bits per heavy atom. The van der Waals surface area contributed by atoms with Gasteiger partial charge < -0.3 is 25.4 Å². The first-order valence-electron chi connectivity index (χ1n) is 9.81. The van der Waals surface area contributed by atoms with Crippen LogP contribution in [0.15, 0.2) is 24.5 Å². The summed E-state index contributed by atoms with van der Waals surface area (Å²) in [5, 5.41) is 27.2. The standard InChI is InChI=1S/C21H20ClN5O3S/c1-23-13-7-10(3-4-11-5-6-14(22)31-11)26-19-15(13)25-9-27(19)16-12-8-21(12,20(30)24-2)18(29)17(16)28/h5-7,9,12,16-18,28-29H,8H2,1-2H3,(H,23,26)(H,24,30)/t12-,16-,17?,18?,21+/m1/s1. The minimum absolute atomic E-state index is 0.197. The van der Waals surface area contributed by atoms with E-state index < -0.39 is 23.7 Å². The Bertz CT molecular complexity index is 1260. The van der Waals surface area contributed by atoms with E-state index in [-0.39, 0.29) is 11.8 Å². The molecule has 4 N–H and O–H groups in total. The molecule has 0 aromatic carbocycles. The van der Waals surface area contributed by atoms with Crippen LogP contribution in [0.5, 0.6) is 0 Å². The van der Waals surface area contributed by atoms with E-state index in [0.717, 1.165) is 10.6 Å². The lowest BCUT2D eigenvalue weighted by Crippen LogP contribution is -2.41. The number of nitrogens with one attached hydrogen (secondary N) is 2. The van der Waals surface area contributed by atoms with E-state index in [1.807, 2.05) is 12.1 Å². The number of amides is 1. The zero-order chi connectivity index (χ0) is 21.9. The molecule has 2 fully saturated rings. The number of carbonyl (C=O) groups is 1. The van der Waals surface area contributed by atoms with Crippen molar-refractivity contribution in [3.05, 3.63) is 39.4 Å². The Hall–Kier alpha value is -2.64. The van der Waals surface area contributed by atoms with Crippen molar-refractivity contribution in [3.8, 4) is 11.8 Å². The number of halogens is 1. The summed E-state index contributed by atoms with van der Waals surface area (Å²) in [6, 6.07) is 4.95. The fraction of sp³-hybridized carbons (Fsp3) is 0.381. The highest BCUT2D eigenvalue weighted by Crippen LogP contribution is 2.67. The number of aliphatic hydroxyl groups is 2. The second kappa shape index (κ2) is 7.21. The van der Waals surface area contributed by atoms with Crippen LogP contribution in [0.25, 0.3) is 11.2 Å². The number of hydrogen-bond acceptors (Lipinski definition) is 7. The molecule has 31 heavy (non-hydrogen) atoms. The SMILES string of the molecule is CNC(=O)[C@@]12C[C@@H]1[C@@H](n1cnc3c(NC)cc(C#Cc4ccc(Cl)s4)nc31)C(O)C2O. The van der Waals surface area contributed by atoms with Crippen LogP contribution in [0.4, 0.5) is 5.69 Å². The van der Waals surface area contributed by atoms with E-state index in [4.69, 9.17) is 11.6 Å². The maximum Gasteiger partial charge on any atom is 0.229 e. The van der Waals surface area contributed by atoms with Gasteiger partial charge in [-0.2, -0.15) is 0 Å². The summed E-state index contributed by atoms with van der Waals surface area (Å²) < 4.78 is 2.43. The molecule has 2 aliphatic carbocycles. The number of fused-ring (bicyclic) bond motifs is 2. The van der Waals surface area contributed by atoms with Gasteiger partial charge in [-0.15, -0.1) is 11.3 Å². The number of anilines is 1. The lowest BCUT2D eigenvalue weighted by molar-refractivity contribution is -0.132. The third-order valence-electron chi connectivity index (χ3n) is 6.33. The van der Waals surface area contributed by atoms with Crippen LogP contribution >= 0.6 is 22.9 Å². The molecule has 0 spiro atoms. The number of rotatable bonds is 3. The molecule has 0 radical (unpaired) electrons. The van der Waals surface area contributed by atoms with Gasteiger partial charge in [0.25, 0.3) is 0 Å². The van der Waals surface area contributed by atoms with Crippen molar-refractivity contribution >= 4 is 45.7 Å². The van der Waals surface area contributed by atoms with Gasteiger partial charge in [0, 0.05) is 20.0 Å². The van der Waals surface area contributed by atoms with Crippen LogP contribution in [0.3, 0.4) is 0 Å². The first kappa shape index (κ1) is 20.3. The summed E-state index contributed by atoms with van der Waals surface area (Å²) in [5.74, 6) is 5.68. The molecule has 5 atom stereocenters. The maximum absolute atomic E-state index is 12.4. The van der Waals surface area contributed by atoms with Crippen LogP contribution in [0.1, 0.15) is 23.0 Å². The zero-order valence-electron chi connectivity index (χ0n) is 16.8. The van der Waals surface area contributed by atoms with E-state index >= 15 is 0 Å². The summed E-state index contributed by atoms with van der Waals surface area (Å²) in [6.07, 6.45) is -0.132. The number of aliphatic hydroxyl groups excluding tert-OH is 2. The second-order valence-electron chi connectivity index (χ2n) is 7.84. The minimum Gasteiger partial charge on any atom is -0.389 e. The van der Waals surface area contributed by atoms with E-state index in [0.29, 0.717) is 27.6 Å². The lowest BCUT2D eigenvalue weighted by Gasteiger charge is -2.23. The van der Waals surface area contributed by atoms with Gasteiger partial charge in [-0.3, -0.25) is 4.79 Å². The number of hydrogen-bond donors (Lipinski definition) is 4. The molecule has 0 bridgehead atoms. The molecule has 0 aliphatic heterocycles. The first-order valence-corrected chi connectivity index (χ1v) is 11.0. The summed E-state index contributed by atoms with van der Waals surface area (Å²) in [7, 11) is 3.33. The van der Waals surface area contributed by atoms with Crippen molar-refractivity contribution in [1.29, 1.82) is 0 Å². The molecule has 0 saturated heterocycles. The monoisotopic (exact) mass is 457 g/mol. The number of carbonyl (C=O) groups excluding carboxylic acids is 1. The van der Waals surface area contributed by atoms with Crippen molar-refractivity contribution in [2.24, 2.45) is 11.3 Å². The van der Waals surface area contributed by atoms with Gasteiger partial charge >= 0.3 is 0 Å². The average Bonchev–Trinajstić information content (AvgIpc) is 3.02. The Morgan fingerprint density at radius 1 is 1.35 bits per heavy atom. The molecule has 3 aromatic heterocycles. The van der Waals surface area contributed by atoms with Gasteiger partial charge in [-0.05, 0) is 36.5 Å². The van der Waals surface area contributed by atoms with Crippen molar-refractivity contribution in [3.63, 3.8) is 0 Å². The molecule has 1 amide bonds. The van der Waals surface area contributed by atoms with Gasteiger partial charge in [0.15, 0.2) is 5.65 Å². The van der Waals surface area contributed by atoms with Gasteiger partial charge in [0.05, 0.1) is 38.8 Å². The molecule has 2 saturated carbocycles. The molecule has 5 rings (SSSR count). The summed E-state index contributed by atoms with van der Waals surface area (Å²) in [5.41, 5.74) is 1.49. The second-order valence-corrected chi connectivity index (χ2v) is 9.55. The predicted molar refractivity (Wildman–Crippen MR) is 118 cm³/mol. The molecule has 3 aromatic rings. The Kier molecular flexibility index (Phi) is 4.71. The Morgan fingerprint density at radius 3 is 2.84 bits per heavy atom. The fourth-order valence-corrected chi connectivity index (χ4v) is 5.67. The number of aromatic nitrogens is 3. The lowest BCUT2D eigenvalue weighted by atomic mass is 9.98. The average molecular weight is 458 g/mol. The molecule has 2 unspecified atom stereocenters. The maximum atomic E-state index is 12.4. The van der Waals surface area contributed by atoms with E-state index in [1.54, 1.807) is 24.0 Å².